The van der Waals surface area contributed by atoms with E-state index in [0.29, 0.717) is 43.3 Å². The number of hydrogen-bond donors (Lipinski definition) is 1. The van der Waals surface area contributed by atoms with E-state index in [1.165, 1.54) is 0 Å². The minimum absolute atomic E-state index is 0.0673. The van der Waals surface area contributed by atoms with Crippen LogP contribution in [-0.2, 0) is 16.1 Å². The molecule has 0 saturated carbocycles. The van der Waals surface area contributed by atoms with Gasteiger partial charge in [-0.3, -0.25) is 9.59 Å². The molecule has 0 bridgehead atoms. The van der Waals surface area contributed by atoms with Gasteiger partial charge in [0.1, 0.15) is 11.8 Å². The fourth-order valence-corrected chi connectivity index (χ4v) is 2.90. The van der Waals surface area contributed by atoms with Gasteiger partial charge in [0.25, 0.3) is 0 Å². The summed E-state index contributed by atoms with van der Waals surface area (Å²) in [5.74, 6) is 0.500. The van der Waals surface area contributed by atoms with E-state index in [0.717, 1.165) is 5.56 Å². The number of ether oxygens (including phenoxy) is 1. The number of benzene rings is 2. The first-order valence-corrected chi connectivity index (χ1v) is 9.88. The number of nitrogens with zero attached hydrogens (tertiary/aromatic N) is 1. The number of amides is 2. The van der Waals surface area contributed by atoms with Crippen LogP contribution < -0.4 is 10.1 Å². The average molecular weight is 403 g/mol. The lowest BCUT2D eigenvalue weighted by Gasteiger charge is -2.28. The van der Waals surface area contributed by atoms with Gasteiger partial charge in [0.15, 0.2) is 0 Å². The van der Waals surface area contributed by atoms with Crippen molar-refractivity contribution in [2.45, 2.75) is 39.3 Å². The number of hydrogen-bond acceptors (Lipinski definition) is 3. The Kier molecular flexibility index (Phi) is 8.82. The minimum Gasteiger partial charge on any atom is -0.494 e. The molecule has 0 saturated heterocycles. The lowest BCUT2D eigenvalue weighted by Crippen LogP contribution is -2.47. The van der Waals surface area contributed by atoms with Gasteiger partial charge in [0.2, 0.25) is 11.8 Å². The van der Waals surface area contributed by atoms with Gasteiger partial charge in [0, 0.05) is 24.5 Å². The zero-order valence-corrected chi connectivity index (χ0v) is 17.1. The highest BCUT2D eigenvalue weighted by molar-refractivity contribution is 6.30. The van der Waals surface area contributed by atoms with E-state index in [2.05, 4.69) is 5.32 Å². The van der Waals surface area contributed by atoms with Crippen LogP contribution in [0.15, 0.2) is 54.6 Å². The van der Waals surface area contributed by atoms with E-state index in [4.69, 9.17) is 16.3 Å². The first kappa shape index (κ1) is 21.8. The summed E-state index contributed by atoms with van der Waals surface area (Å²) in [6.45, 7) is 4.97. The van der Waals surface area contributed by atoms with E-state index < -0.39 is 6.04 Å². The van der Waals surface area contributed by atoms with Crippen LogP contribution in [-0.4, -0.2) is 35.9 Å². The first-order valence-electron chi connectivity index (χ1n) is 9.50. The molecule has 150 valence electrons. The molecule has 6 heteroatoms. The smallest absolute Gasteiger partial charge is 0.242 e. The average Bonchev–Trinajstić information content (AvgIpc) is 2.71. The molecule has 28 heavy (non-hydrogen) atoms. The lowest BCUT2D eigenvalue weighted by molar-refractivity contribution is -0.140. The van der Waals surface area contributed by atoms with Crippen molar-refractivity contribution < 1.29 is 14.3 Å². The third-order valence-electron chi connectivity index (χ3n) is 4.33. The molecule has 0 aromatic heterocycles. The molecular weight excluding hydrogens is 376 g/mol. The maximum Gasteiger partial charge on any atom is 0.242 e. The molecule has 2 aromatic carbocycles. The summed E-state index contributed by atoms with van der Waals surface area (Å²) in [7, 11) is 0. The number of rotatable bonds is 10. The van der Waals surface area contributed by atoms with Crippen molar-refractivity contribution in [2.24, 2.45) is 0 Å². The summed E-state index contributed by atoms with van der Waals surface area (Å²) in [6, 6.07) is 16.3. The van der Waals surface area contributed by atoms with Crippen molar-refractivity contribution in [2.75, 3.05) is 13.2 Å². The predicted octanol–water partition coefficient (Wildman–Crippen LogP) is 4.05. The maximum atomic E-state index is 12.8. The zero-order valence-electron chi connectivity index (χ0n) is 16.4. The molecule has 0 spiro atoms. The van der Waals surface area contributed by atoms with Gasteiger partial charge < -0.3 is 15.0 Å². The van der Waals surface area contributed by atoms with E-state index in [1.54, 1.807) is 36.1 Å². The van der Waals surface area contributed by atoms with Gasteiger partial charge in [0.05, 0.1) is 6.61 Å². The Bertz CT molecular complexity index is 750. The number of nitrogens with one attached hydrogen (secondary N) is 1. The van der Waals surface area contributed by atoms with Crippen molar-refractivity contribution >= 4 is 23.4 Å². The summed E-state index contributed by atoms with van der Waals surface area (Å²) in [4.78, 5) is 26.7. The van der Waals surface area contributed by atoms with Gasteiger partial charge in [-0.1, -0.05) is 41.9 Å². The van der Waals surface area contributed by atoms with Gasteiger partial charge in [-0.05, 0) is 50.1 Å². The molecule has 5 nitrogen and oxygen atoms in total. The summed E-state index contributed by atoms with van der Waals surface area (Å²) < 4.78 is 5.65. The van der Waals surface area contributed by atoms with E-state index in [-0.39, 0.29) is 11.8 Å². The standard InChI is InChI=1S/C22H27ClN2O3/c1-3-24-22(27)17(2)25(16-18-8-5-4-6-9-18)21(26)10-7-15-28-20-13-11-19(23)12-14-20/h4-6,8-9,11-14,17H,3,7,10,15-16H2,1-2H3,(H,24,27)/t17-/m0/s1. The normalized spacial score (nSPS) is 11.5. The van der Waals surface area contributed by atoms with Gasteiger partial charge in [-0.15, -0.1) is 0 Å². The summed E-state index contributed by atoms with van der Waals surface area (Å²) in [5, 5.41) is 3.44. The van der Waals surface area contributed by atoms with E-state index in [9.17, 15) is 9.59 Å². The minimum atomic E-state index is -0.537. The largest absolute Gasteiger partial charge is 0.494 e. The van der Waals surface area contributed by atoms with Crippen LogP contribution in [0.1, 0.15) is 32.3 Å². The van der Waals surface area contributed by atoms with Crippen LogP contribution in [0, 0.1) is 0 Å². The molecule has 2 rings (SSSR count). The molecule has 0 aliphatic heterocycles. The quantitative estimate of drug-likeness (QED) is 0.610. The topological polar surface area (TPSA) is 58.6 Å². The summed E-state index contributed by atoms with van der Waals surface area (Å²) in [6.07, 6.45) is 0.874. The molecule has 0 aliphatic rings. The third kappa shape index (κ3) is 6.89. The molecule has 1 N–H and O–H groups in total. The summed E-state index contributed by atoms with van der Waals surface area (Å²) in [5.41, 5.74) is 0.990. The van der Waals surface area contributed by atoms with Gasteiger partial charge in [-0.25, -0.2) is 0 Å². The first-order chi connectivity index (χ1) is 13.5. The summed E-state index contributed by atoms with van der Waals surface area (Å²) >= 11 is 5.86. The Morgan fingerprint density at radius 2 is 1.79 bits per heavy atom. The van der Waals surface area contributed by atoms with E-state index in [1.807, 2.05) is 37.3 Å². The molecule has 2 amide bonds. The van der Waals surface area contributed by atoms with Gasteiger partial charge in [-0.2, -0.15) is 0 Å². The maximum absolute atomic E-state index is 12.8. The van der Waals surface area contributed by atoms with Crippen molar-refractivity contribution in [1.82, 2.24) is 10.2 Å². The molecule has 0 unspecified atom stereocenters. The fourth-order valence-electron chi connectivity index (χ4n) is 2.77. The molecule has 0 aliphatic carbocycles. The highest BCUT2D eigenvalue weighted by Crippen LogP contribution is 2.16. The fraction of sp³-hybridized carbons (Fsp3) is 0.364. The Morgan fingerprint density at radius 3 is 2.43 bits per heavy atom. The molecule has 0 heterocycles. The SMILES string of the molecule is CCNC(=O)[C@H](C)N(Cc1ccccc1)C(=O)CCCOc1ccc(Cl)cc1. The van der Waals surface area contributed by atoms with Crippen molar-refractivity contribution in [1.29, 1.82) is 0 Å². The number of carbonyl (C=O) groups is 2. The van der Waals surface area contributed by atoms with Crippen molar-refractivity contribution in [3.8, 4) is 5.75 Å². The van der Waals surface area contributed by atoms with E-state index >= 15 is 0 Å². The van der Waals surface area contributed by atoms with Crippen LogP contribution in [0.25, 0.3) is 0 Å². The molecular formula is C22H27ClN2O3. The molecule has 1 atom stereocenters. The predicted molar refractivity (Wildman–Crippen MR) is 111 cm³/mol. The lowest BCUT2D eigenvalue weighted by atomic mass is 10.1. The second kappa shape index (κ2) is 11.3. The second-order valence-electron chi connectivity index (χ2n) is 6.48. The van der Waals surface area contributed by atoms with Crippen LogP contribution in [0.3, 0.4) is 0 Å². The third-order valence-corrected chi connectivity index (χ3v) is 4.58. The number of carbonyl (C=O) groups excluding carboxylic acids is 2. The highest BCUT2D eigenvalue weighted by Gasteiger charge is 2.25. The van der Waals surface area contributed by atoms with Crippen LogP contribution in [0.4, 0.5) is 0 Å². The Balaban J connectivity index is 1.93. The number of likely N-dealkylation sites (N-methyl/N-ethyl adjacent to an activating group) is 1. The molecule has 0 radical (unpaired) electrons. The Morgan fingerprint density at radius 1 is 1.11 bits per heavy atom. The second-order valence-corrected chi connectivity index (χ2v) is 6.92. The highest BCUT2D eigenvalue weighted by atomic mass is 35.5. The van der Waals surface area contributed by atoms with Crippen LogP contribution in [0.5, 0.6) is 5.75 Å². The Hall–Kier alpha value is -2.53. The molecule has 0 fully saturated rings. The van der Waals surface area contributed by atoms with Crippen molar-refractivity contribution in [3.63, 3.8) is 0 Å². The monoisotopic (exact) mass is 402 g/mol. The zero-order chi connectivity index (χ0) is 20.4. The molecule has 2 aromatic rings. The number of halogens is 1. The van der Waals surface area contributed by atoms with Crippen LogP contribution in [0.2, 0.25) is 5.02 Å². The Labute approximate surface area is 171 Å². The van der Waals surface area contributed by atoms with Gasteiger partial charge >= 0.3 is 0 Å². The van der Waals surface area contributed by atoms with Crippen molar-refractivity contribution in [3.05, 3.63) is 65.2 Å². The van der Waals surface area contributed by atoms with Crippen LogP contribution >= 0.6 is 11.6 Å².